The molecule has 4 rings (SSSR count). The second kappa shape index (κ2) is 9.91. The van der Waals surface area contributed by atoms with Crippen LogP contribution >= 0.6 is 0 Å². The number of hydrogen-bond acceptors (Lipinski definition) is 5. The first kappa shape index (κ1) is 22.0. The Kier molecular flexibility index (Phi) is 6.59. The van der Waals surface area contributed by atoms with Crippen LogP contribution in [0.2, 0.25) is 0 Å². The van der Waals surface area contributed by atoms with Crippen LogP contribution in [0.5, 0.6) is 0 Å². The van der Waals surface area contributed by atoms with E-state index in [9.17, 15) is 9.59 Å². The molecule has 2 heterocycles. The molecule has 4 aromatic rings. The molecule has 0 aliphatic heterocycles. The van der Waals surface area contributed by atoms with Crippen LogP contribution in [0.15, 0.2) is 90.0 Å². The monoisotopic (exact) mass is 439 g/mol. The minimum absolute atomic E-state index is 0.188. The van der Waals surface area contributed by atoms with E-state index in [-0.39, 0.29) is 17.5 Å². The lowest BCUT2D eigenvalue weighted by Gasteiger charge is -2.20. The highest BCUT2D eigenvalue weighted by Gasteiger charge is 2.18. The Morgan fingerprint density at radius 3 is 2.45 bits per heavy atom. The molecule has 33 heavy (non-hydrogen) atoms. The number of carbonyl (C=O) groups is 1. The zero-order chi connectivity index (χ0) is 23.2. The van der Waals surface area contributed by atoms with Crippen LogP contribution in [-0.4, -0.2) is 35.0 Å². The topological polar surface area (TPSA) is 91.0 Å². The van der Waals surface area contributed by atoms with Gasteiger partial charge in [-0.3, -0.25) is 14.6 Å². The van der Waals surface area contributed by atoms with Gasteiger partial charge in [-0.05, 0) is 42.0 Å². The summed E-state index contributed by atoms with van der Waals surface area (Å²) >= 11 is 0. The first-order valence-corrected chi connectivity index (χ1v) is 10.6. The van der Waals surface area contributed by atoms with Crippen LogP contribution < -0.4 is 15.8 Å². The molecule has 0 unspecified atom stereocenters. The molecule has 2 N–H and O–H groups in total. The Hall–Kier alpha value is -4.26. The van der Waals surface area contributed by atoms with Crippen molar-refractivity contribution in [2.24, 2.45) is 0 Å². The third kappa shape index (κ3) is 5.51. The largest absolute Gasteiger partial charge is 0.378 e. The summed E-state index contributed by atoms with van der Waals surface area (Å²) in [4.78, 5) is 38.8. The maximum atomic E-state index is 13.0. The van der Waals surface area contributed by atoms with Crippen molar-refractivity contribution >= 4 is 11.6 Å². The summed E-state index contributed by atoms with van der Waals surface area (Å²) in [5, 5.41) is 3.11. The number of pyridine rings is 1. The molecule has 1 atom stereocenters. The van der Waals surface area contributed by atoms with Crippen molar-refractivity contribution in [3.8, 4) is 11.4 Å². The number of rotatable bonds is 7. The summed E-state index contributed by atoms with van der Waals surface area (Å²) in [7, 11) is 3.91. The number of carbonyl (C=O) groups excluding carboxylic acids is 1. The maximum absolute atomic E-state index is 13.0. The molecule has 0 spiro atoms. The summed E-state index contributed by atoms with van der Waals surface area (Å²) < 4.78 is 0. The number of nitrogens with one attached hydrogen (secondary N) is 2. The lowest BCUT2D eigenvalue weighted by Crippen LogP contribution is -2.30. The molecule has 2 aromatic carbocycles. The van der Waals surface area contributed by atoms with E-state index in [1.54, 1.807) is 30.6 Å². The molecular formula is C26H25N5O2. The Labute approximate surface area is 192 Å². The third-order valence-electron chi connectivity index (χ3n) is 5.30. The van der Waals surface area contributed by atoms with Gasteiger partial charge in [0.05, 0.1) is 11.7 Å². The van der Waals surface area contributed by atoms with Gasteiger partial charge in [-0.1, -0.05) is 30.3 Å². The zero-order valence-corrected chi connectivity index (χ0v) is 18.5. The zero-order valence-electron chi connectivity index (χ0n) is 18.5. The number of amides is 1. The fourth-order valence-electron chi connectivity index (χ4n) is 3.55. The van der Waals surface area contributed by atoms with Crippen LogP contribution in [0.4, 0.5) is 5.69 Å². The average molecular weight is 440 g/mol. The molecule has 0 aliphatic carbocycles. The Bertz CT molecular complexity index is 1270. The lowest BCUT2D eigenvalue weighted by molar-refractivity contribution is 0.0936. The highest BCUT2D eigenvalue weighted by molar-refractivity contribution is 5.94. The van der Waals surface area contributed by atoms with Gasteiger partial charge in [0.2, 0.25) is 0 Å². The van der Waals surface area contributed by atoms with Gasteiger partial charge in [0.1, 0.15) is 5.82 Å². The number of benzene rings is 2. The second-order valence-electron chi connectivity index (χ2n) is 7.91. The van der Waals surface area contributed by atoms with Gasteiger partial charge in [-0.15, -0.1) is 0 Å². The number of aromatic nitrogens is 3. The van der Waals surface area contributed by atoms with Crippen LogP contribution in [0.3, 0.4) is 0 Å². The van der Waals surface area contributed by atoms with E-state index in [2.05, 4.69) is 20.3 Å². The smallest absolute Gasteiger partial charge is 0.251 e. The molecule has 2 aromatic heterocycles. The third-order valence-corrected chi connectivity index (χ3v) is 5.30. The summed E-state index contributed by atoms with van der Waals surface area (Å²) in [6, 6.07) is 21.8. The lowest BCUT2D eigenvalue weighted by atomic mass is 10.0. The van der Waals surface area contributed by atoms with Gasteiger partial charge in [0, 0.05) is 55.8 Å². The standard InChI is InChI=1S/C26H25N5O2/c1-31(2)22-12-10-19(11-13-22)26(33)29-23(18-7-4-3-5-8-18)15-21-16-24(32)30-25(28-21)20-9-6-14-27-17-20/h3-14,16-17,23H,15H2,1-2H3,(H,29,33)(H,28,30,32)/t23-/m1/s1. The van der Waals surface area contributed by atoms with Crippen molar-refractivity contribution in [2.45, 2.75) is 12.5 Å². The molecule has 0 fully saturated rings. The minimum atomic E-state index is -0.358. The van der Waals surface area contributed by atoms with E-state index in [0.29, 0.717) is 23.5 Å². The number of H-pyrrole nitrogens is 1. The maximum Gasteiger partial charge on any atom is 0.251 e. The predicted molar refractivity (Wildman–Crippen MR) is 129 cm³/mol. The van der Waals surface area contributed by atoms with Gasteiger partial charge in [0.25, 0.3) is 11.5 Å². The molecule has 0 aliphatic rings. The van der Waals surface area contributed by atoms with Gasteiger partial charge in [-0.2, -0.15) is 0 Å². The molecule has 166 valence electrons. The highest BCUT2D eigenvalue weighted by Crippen LogP contribution is 2.20. The second-order valence-corrected chi connectivity index (χ2v) is 7.91. The van der Waals surface area contributed by atoms with Crippen molar-refractivity contribution in [3.63, 3.8) is 0 Å². The van der Waals surface area contributed by atoms with Gasteiger partial charge in [-0.25, -0.2) is 4.98 Å². The summed E-state index contributed by atoms with van der Waals surface area (Å²) in [5.74, 6) is 0.259. The first-order valence-electron chi connectivity index (χ1n) is 10.6. The highest BCUT2D eigenvalue weighted by atomic mass is 16.1. The molecule has 7 heteroatoms. The van der Waals surface area contributed by atoms with E-state index in [1.807, 2.05) is 67.5 Å². The van der Waals surface area contributed by atoms with Crippen LogP contribution in [0.25, 0.3) is 11.4 Å². The Balaban J connectivity index is 1.61. The van der Waals surface area contributed by atoms with Gasteiger partial charge >= 0.3 is 0 Å². The van der Waals surface area contributed by atoms with Crippen molar-refractivity contribution in [3.05, 3.63) is 112 Å². The fraction of sp³-hybridized carbons (Fsp3) is 0.154. The number of nitrogens with zero attached hydrogens (tertiary/aromatic N) is 3. The SMILES string of the molecule is CN(C)c1ccc(C(=O)N[C@H](Cc2cc(=O)[nH]c(-c3cccnc3)n2)c2ccccc2)cc1. The fourth-order valence-corrected chi connectivity index (χ4v) is 3.55. The number of anilines is 1. The van der Waals surface area contributed by atoms with Crippen molar-refractivity contribution in [1.29, 1.82) is 0 Å². The molecule has 0 saturated carbocycles. The molecule has 0 radical (unpaired) electrons. The van der Waals surface area contributed by atoms with E-state index >= 15 is 0 Å². The molecule has 0 saturated heterocycles. The first-order chi connectivity index (χ1) is 16.0. The van der Waals surface area contributed by atoms with E-state index < -0.39 is 0 Å². The summed E-state index contributed by atoms with van der Waals surface area (Å²) in [6.45, 7) is 0. The number of aromatic amines is 1. The Morgan fingerprint density at radius 2 is 1.79 bits per heavy atom. The van der Waals surface area contributed by atoms with E-state index in [0.717, 1.165) is 16.8 Å². The Morgan fingerprint density at radius 1 is 1.03 bits per heavy atom. The molecule has 7 nitrogen and oxygen atoms in total. The molecular weight excluding hydrogens is 414 g/mol. The van der Waals surface area contributed by atoms with Crippen LogP contribution in [-0.2, 0) is 6.42 Å². The molecule has 0 bridgehead atoms. The normalized spacial score (nSPS) is 11.6. The quantitative estimate of drug-likeness (QED) is 0.459. The van der Waals surface area contributed by atoms with Crippen molar-refractivity contribution < 1.29 is 4.79 Å². The molecule has 1 amide bonds. The number of hydrogen-bond donors (Lipinski definition) is 2. The van der Waals surface area contributed by atoms with E-state index in [1.165, 1.54) is 6.07 Å². The summed E-state index contributed by atoms with van der Waals surface area (Å²) in [5.41, 5.74) is 3.56. The van der Waals surface area contributed by atoms with Crippen LogP contribution in [0, 0.1) is 0 Å². The van der Waals surface area contributed by atoms with Gasteiger partial charge in [0.15, 0.2) is 0 Å². The predicted octanol–water partition coefficient (Wildman–Crippen LogP) is 3.61. The van der Waals surface area contributed by atoms with E-state index in [4.69, 9.17) is 0 Å². The van der Waals surface area contributed by atoms with Gasteiger partial charge < -0.3 is 15.2 Å². The minimum Gasteiger partial charge on any atom is -0.378 e. The van der Waals surface area contributed by atoms with Crippen molar-refractivity contribution in [2.75, 3.05) is 19.0 Å². The van der Waals surface area contributed by atoms with Crippen LogP contribution in [0.1, 0.15) is 27.7 Å². The summed E-state index contributed by atoms with van der Waals surface area (Å²) in [6.07, 6.45) is 3.68. The average Bonchev–Trinajstić information content (AvgIpc) is 2.84. The van der Waals surface area contributed by atoms with Crippen molar-refractivity contribution in [1.82, 2.24) is 20.3 Å².